The molecule has 0 spiro atoms. The molecule has 1 aromatic heterocycles. The van der Waals surface area contributed by atoms with Gasteiger partial charge in [-0.25, -0.2) is 4.68 Å². The van der Waals surface area contributed by atoms with E-state index in [1.807, 2.05) is 23.7 Å². The topological polar surface area (TPSA) is 59.3 Å². The molecule has 0 amide bonds. The molecule has 7 heteroatoms. The lowest BCUT2D eigenvalue weighted by Crippen LogP contribution is -2.49. The van der Waals surface area contributed by atoms with Crippen LogP contribution >= 0.6 is 0 Å². The molecule has 0 aliphatic carbocycles. The van der Waals surface area contributed by atoms with Crippen LogP contribution in [-0.4, -0.2) is 57.9 Å². The van der Waals surface area contributed by atoms with Gasteiger partial charge >= 0.3 is 0 Å². The molecule has 1 atom stereocenters. The highest BCUT2D eigenvalue weighted by molar-refractivity contribution is 5.56. The molecule has 2 heterocycles. The minimum Gasteiger partial charge on any atom is -0.494 e. The molecule has 0 N–H and O–H groups in total. The fourth-order valence-corrected chi connectivity index (χ4v) is 4.58. The largest absolute Gasteiger partial charge is 0.494 e. The predicted molar refractivity (Wildman–Crippen MR) is 132 cm³/mol. The average molecular weight is 449 g/mol. The molecule has 1 saturated heterocycles. The van der Waals surface area contributed by atoms with Gasteiger partial charge in [0.15, 0.2) is 5.82 Å². The van der Waals surface area contributed by atoms with Gasteiger partial charge in [0.25, 0.3) is 0 Å². The summed E-state index contributed by atoms with van der Waals surface area (Å²) in [7, 11) is 0. The van der Waals surface area contributed by atoms with Gasteiger partial charge in [0.05, 0.1) is 18.2 Å². The van der Waals surface area contributed by atoms with E-state index < -0.39 is 0 Å². The molecule has 1 aliphatic rings. The van der Waals surface area contributed by atoms with Gasteiger partial charge in [-0.15, -0.1) is 5.10 Å². The number of hydrogen-bond acceptors (Lipinski definition) is 6. The fraction of sp³-hybridized carbons (Fsp3) is 0.500. The van der Waals surface area contributed by atoms with Crippen molar-refractivity contribution in [2.24, 2.45) is 0 Å². The van der Waals surface area contributed by atoms with Crippen molar-refractivity contribution in [2.75, 3.05) is 37.7 Å². The highest BCUT2D eigenvalue weighted by atomic mass is 16.5. The van der Waals surface area contributed by atoms with Crippen LogP contribution in [0.3, 0.4) is 0 Å². The van der Waals surface area contributed by atoms with Crippen LogP contribution < -0.4 is 9.64 Å². The minimum atomic E-state index is -0.206. The quantitative estimate of drug-likeness (QED) is 0.559. The van der Waals surface area contributed by atoms with E-state index in [0.29, 0.717) is 6.61 Å². The number of hydrogen-bond donors (Lipinski definition) is 0. The van der Waals surface area contributed by atoms with E-state index in [4.69, 9.17) is 4.74 Å². The smallest absolute Gasteiger partial charge is 0.173 e. The molecule has 7 nitrogen and oxygen atoms in total. The Kier molecular flexibility index (Phi) is 6.70. The van der Waals surface area contributed by atoms with E-state index in [-0.39, 0.29) is 11.6 Å². The van der Waals surface area contributed by atoms with Crippen molar-refractivity contribution >= 4 is 5.69 Å². The number of piperazine rings is 1. The summed E-state index contributed by atoms with van der Waals surface area (Å²) in [5.41, 5.74) is 5.02. The Morgan fingerprint density at radius 3 is 2.30 bits per heavy atom. The van der Waals surface area contributed by atoms with Crippen molar-refractivity contribution in [1.29, 1.82) is 0 Å². The van der Waals surface area contributed by atoms with Crippen molar-refractivity contribution in [2.45, 2.75) is 53.1 Å². The van der Waals surface area contributed by atoms with Gasteiger partial charge in [0.1, 0.15) is 5.75 Å². The minimum absolute atomic E-state index is 0.0179. The molecule has 0 bridgehead atoms. The molecule has 4 rings (SSSR count). The molecule has 33 heavy (non-hydrogen) atoms. The van der Waals surface area contributed by atoms with Crippen molar-refractivity contribution in [3.63, 3.8) is 0 Å². The zero-order chi connectivity index (χ0) is 23.6. The van der Waals surface area contributed by atoms with E-state index in [0.717, 1.165) is 37.8 Å². The maximum atomic E-state index is 5.67. The SMILES string of the molecule is CCOc1ccc(C(c2nnnn2C(C)(C)C)N2CCN(c3cccc(C)c3C)CC2)cc1. The second-order valence-electron chi connectivity index (χ2n) is 9.77. The number of ether oxygens (including phenoxy) is 1. The maximum absolute atomic E-state index is 5.67. The van der Waals surface area contributed by atoms with Crippen LogP contribution in [0.15, 0.2) is 42.5 Å². The Bertz CT molecular complexity index is 1060. The zero-order valence-corrected chi connectivity index (χ0v) is 20.7. The molecule has 1 unspecified atom stereocenters. The third kappa shape index (κ3) is 4.88. The van der Waals surface area contributed by atoms with Gasteiger partial charge in [-0.05, 0) is 86.9 Å². The Balaban J connectivity index is 1.63. The van der Waals surface area contributed by atoms with E-state index in [1.165, 1.54) is 22.4 Å². The van der Waals surface area contributed by atoms with Crippen LogP contribution in [0.5, 0.6) is 5.75 Å². The summed E-state index contributed by atoms with van der Waals surface area (Å²) in [6.07, 6.45) is 0. The first-order chi connectivity index (χ1) is 15.8. The average Bonchev–Trinajstić information content (AvgIpc) is 3.28. The van der Waals surface area contributed by atoms with Crippen molar-refractivity contribution in [3.05, 3.63) is 65.0 Å². The van der Waals surface area contributed by atoms with Crippen LogP contribution in [0.1, 0.15) is 56.3 Å². The number of aromatic nitrogens is 4. The lowest BCUT2D eigenvalue weighted by atomic mass is 10.0. The highest BCUT2D eigenvalue weighted by Gasteiger charge is 2.33. The highest BCUT2D eigenvalue weighted by Crippen LogP contribution is 2.33. The van der Waals surface area contributed by atoms with Gasteiger partial charge in [-0.3, -0.25) is 4.90 Å². The fourth-order valence-electron chi connectivity index (χ4n) is 4.58. The summed E-state index contributed by atoms with van der Waals surface area (Å²) in [4.78, 5) is 5.01. The molecule has 1 fully saturated rings. The normalized spacial score (nSPS) is 16.1. The summed E-state index contributed by atoms with van der Waals surface area (Å²) in [5.74, 6) is 1.77. The molecule has 0 saturated carbocycles. The van der Waals surface area contributed by atoms with E-state index in [1.54, 1.807) is 0 Å². The van der Waals surface area contributed by atoms with Gasteiger partial charge in [-0.1, -0.05) is 24.3 Å². The Morgan fingerprint density at radius 1 is 0.970 bits per heavy atom. The number of aryl methyl sites for hydroxylation is 1. The van der Waals surface area contributed by atoms with Crippen LogP contribution in [0, 0.1) is 13.8 Å². The van der Waals surface area contributed by atoms with Gasteiger partial charge < -0.3 is 9.64 Å². The maximum Gasteiger partial charge on any atom is 0.173 e. The van der Waals surface area contributed by atoms with Crippen molar-refractivity contribution < 1.29 is 4.74 Å². The van der Waals surface area contributed by atoms with Gasteiger partial charge in [0, 0.05) is 31.9 Å². The molecular formula is C26H36N6O. The van der Waals surface area contributed by atoms with Gasteiger partial charge in [0.2, 0.25) is 0 Å². The van der Waals surface area contributed by atoms with Crippen molar-refractivity contribution in [1.82, 2.24) is 25.1 Å². The summed E-state index contributed by atoms with van der Waals surface area (Å²) in [6, 6.07) is 14.9. The van der Waals surface area contributed by atoms with Gasteiger partial charge in [-0.2, -0.15) is 0 Å². The monoisotopic (exact) mass is 448 g/mol. The lowest BCUT2D eigenvalue weighted by Gasteiger charge is -2.41. The van der Waals surface area contributed by atoms with Crippen LogP contribution in [0.2, 0.25) is 0 Å². The number of rotatable bonds is 6. The summed E-state index contributed by atoms with van der Waals surface area (Å²) < 4.78 is 7.64. The third-order valence-electron chi connectivity index (χ3n) is 6.48. The van der Waals surface area contributed by atoms with Crippen molar-refractivity contribution in [3.8, 4) is 5.75 Å². The predicted octanol–water partition coefficient (Wildman–Crippen LogP) is 4.36. The van der Waals surface area contributed by atoms with Crippen LogP contribution in [-0.2, 0) is 5.54 Å². The van der Waals surface area contributed by atoms with Crippen LogP contribution in [0.4, 0.5) is 5.69 Å². The summed E-state index contributed by atoms with van der Waals surface area (Å²) in [5, 5.41) is 12.9. The molecular weight excluding hydrogens is 412 g/mol. The number of tetrazole rings is 1. The number of anilines is 1. The Morgan fingerprint density at radius 2 is 1.67 bits per heavy atom. The van der Waals surface area contributed by atoms with E-state index >= 15 is 0 Å². The number of benzene rings is 2. The zero-order valence-electron chi connectivity index (χ0n) is 20.7. The Hall–Kier alpha value is -2.93. The Labute approximate surface area is 197 Å². The second-order valence-corrected chi connectivity index (χ2v) is 9.77. The molecule has 1 aliphatic heterocycles. The third-order valence-corrected chi connectivity index (χ3v) is 6.48. The van der Waals surface area contributed by atoms with Crippen LogP contribution in [0.25, 0.3) is 0 Å². The first-order valence-corrected chi connectivity index (χ1v) is 11.9. The lowest BCUT2D eigenvalue weighted by molar-refractivity contribution is 0.191. The summed E-state index contributed by atoms with van der Waals surface area (Å²) in [6.45, 7) is 17.3. The molecule has 2 aromatic carbocycles. The molecule has 3 aromatic rings. The van der Waals surface area contributed by atoms with E-state index in [2.05, 4.69) is 90.3 Å². The summed E-state index contributed by atoms with van der Waals surface area (Å²) >= 11 is 0. The van der Waals surface area contributed by atoms with E-state index in [9.17, 15) is 0 Å². The standard InChI is InChI=1S/C26H36N6O/c1-7-33-22-13-11-21(12-14-22)24(25-27-28-29-32(25)26(4,5)6)31-17-15-30(16-18-31)23-10-8-9-19(2)20(23)3/h8-14,24H,7,15-18H2,1-6H3. The first-order valence-electron chi connectivity index (χ1n) is 11.9. The first kappa shape index (κ1) is 23.2. The molecule has 0 radical (unpaired) electrons. The number of nitrogens with zero attached hydrogens (tertiary/aromatic N) is 6. The molecule has 176 valence electrons. The second kappa shape index (κ2) is 9.51.